The normalized spacial score (nSPS) is 12.6. The maximum atomic E-state index is 13.9. The van der Waals surface area contributed by atoms with Gasteiger partial charge in [0.2, 0.25) is 11.8 Å². The third-order valence-electron chi connectivity index (χ3n) is 6.15. The Hall–Kier alpha value is -3.93. The van der Waals surface area contributed by atoms with Gasteiger partial charge in [0.25, 0.3) is 10.0 Å². The number of carbonyl (C=O) groups is 2. The van der Waals surface area contributed by atoms with Crippen molar-refractivity contribution in [3.63, 3.8) is 0 Å². The second kappa shape index (κ2) is 13.2. The van der Waals surface area contributed by atoms with E-state index in [1.165, 1.54) is 48.5 Å². The van der Waals surface area contributed by atoms with E-state index in [0.717, 1.165) is 23.1 Å². The largest absolute Gasteiger partial charge is 0.416 e. The number of carbonyl (C=O) groups excluding carboxylic acids is 2. The molecule has 12 heteroatoms. The number of nitrogens with one attached hydrogen (secondary N) is 1. The summed E-state index contributed by atoms with van der Waals surface area (Å²) in [6.45, 7) is 4.06. The van der Waals surface area contributed by atoms with Crippen LogP contribution in [0.25, 0.3) is 0 Å². The van der Waals surface area contributed by atoms with E-state index in [4.69, 9.17) is 0 Å². The quantitative estimate of drug-likeness (QED) is 0.303. The standard InChI is InChI=1S/C29H31F4N3O4S/c1-4-26(28(38)34-20(2)3)35(18-21-13-15-23(30)16-14-21)27(37)19-36(41(39,40)25-11-6-5-7-12-25)24-10-8-9-22(17-24)29(31,32)33/h5-17,20,26H,4,18-19H2,1-3H3,(H,34,38)/t26-/m1/s1. The molecule has 3 rings (SSSR count). The summed E-state index contributed by atoms with van der Waals surface area (Å²) in [5, 5.41) is 2.74. The number of anilines is 1. The Labute approximate surface area is 236 Å². The summed E-state index contributed by atoms with van der Waals surface area (Å²) in [4.78, 5) is 27.9. The summed E-state index contributed by atoms with van der Waals surface area (Å²) in [5.74, 6) is -1.84. The van der Waals surface area contributed by atoms with Crippen molar-refractivity contribution < 1.29 is 35.6 Å². The molecule has 220 valence electrons. The van der Waals surface area contributed by atoms with Crippen LogP contribution in [-0.4, -0.2) is 43.8 Å². The van der Waals surface area contributed by atoms with Crippen LogP contribution in [0, 0.1) is 5.82 Å². The lowest BCUT2D eigenvalue weighted by Gasteiger charge is -2.33. The molecule has 0 saturated carbocycles. The molecule has 0 aliphatic heterocycles. The number of rotatable bonds is 11. The van der Waals surface area contributed by atoms with Crippen molar-refractivity contribution in [2.24, 2.45) is 0 Å². The molecule has 0 saturated heterocycles. The predicted octanol–water partition coefficient (Wildman–Crippen LogP) is 5.37. The average Bonchev–Trinajstić information content (AvgIpc) is 2.92. The number of hydrogen-bond donors (Lipinski definition) is 1. The highest BCUT2D eigenvalue weighted by atomic mass is 32.2. The third-order valence-corrected chi connectivity index (χ3v) is 7.94. The highest BCUT2D eigenvalue weighted by Gasteiger charge is 2.36. The number of amides is 2. The molecule has 0 bridgehead atoms. The van der Waals surface area contributed by atoms with Crippen LogP contribution in [0.2, 0.25) is 0 Å². The molecule has 7 nitrogen and oxygen atoms in total. The van der Waals surface area contributed by atoms with Crippen LogP contribution in [0.5, 0.6) is 0 Å². The minimum Gasteiger partial charge on any atom is -0.352 e. The van der Waals surface area contributed by atoms with E-state index in [-0.39, 0.29) is 29.6 Å². The minimum atomic E-state index is -4.76. The Morgan fingerprint density at radius 3 is 2.12 bits per heavy atom. The second-order valence-electron chi connectivity index (χ2n) is 9.61. The lowest BCUT2D eigenvalue weighted by atomic mass is 10.1. The van der Waals surface area contributed by atoms with Crippen LogP contribution in [0.4, 0.5) is 23.2 Å². The van der Waals surface area contributed by atoms with Gasteiger partial charge in [0, 0.05) is 12.6 Å². The van der Waals surface area contributed by atoms with Crippen molar-refractivity contribution in [1.29, 1.82) is 0 Å². The van der Waals surface area contributed by atoms with E-state index >= 15 is 0 Å². The molecule has 41 heavy (non-hydrogen) atoms. The number of alkyl halides is 3. The van der Waals surface area contributed by atoms with Gasteiger partial charge in [-0.05, 0) is 68.3 Å². The summed E-state index contributed by atoms with van der Waals surface area (Å²) in [7, 11) is -4.53. The zero-order valence-corrected chi connectivity index (χ0v) is 23.5. The molecular formula is C29H31F4N3O4S. The van der Waals surface area contributed by atoms with Crippen molar-refractivity contribution in [2.45, 2.75) is 56.9 Å². The third kappa shape index (κ3) is 8.06. The number of benzene rings is 3. The summed E-state index contributed by atoms with van der Waals surface area (Å²) in [6.07, 6.45) is -4.61. The molecule has 3 aromatic rings. The lowest BCUT2D eigenvalue weighted by molar-refractivity contribution is -0.140. The van der Waals surface area contributed by atoms with Crippen LogP contribution < -0.4 is 9.62 Å². The van der Waals surface area contributed by atoms with E-state index in [0.29, 0.717) is 15.9 Å². The molecule has 0 aromatic heterocycles. The summed E-state index contributed by atoms with van der Waals surface area (Å²) < 4.78 is 82.2. The smallest absolute Gasteiger partial charge is 0.352 e. The van der Waals surface area contributed by atoms with Crippen molar-refractivity contribution in [3.8, 4) is 0 Å². The van der Waals surface area contributed by atoms with Gasteiger partial charge in [0.1, 0.15) is 18.4 Å². The second-order valence-corrected chi connectivity index (χ2v) is 11.5. The molecule has 0 fully saturated rings. The van der Waals surface area contributed by atoms with Crippen LogP contribution >= 0.6 is 0 Å². The average molecular weight is 594 g/mol. The first-order chi connectivity index (χ1) is 19.2. The molecule has 0 aliphatic carbocycles. The zero-order chi connectivity index (χ0) is 30.4. The van der Waals surface area contributed by atoms with Gasteiger partial charge in [0.05, 0.1) is 16.1 Å². The topological polar surface area (TPSA) is 86.8 Å². The molecule has 3 aromatic carbocycles. The van der Waals surface area contributed by atoms with E-state index in [1.54, 1.807) is 26.8 Å². The Morgan fingerprint density at radius 1 is 0.927 bits per heavy atom. The predicted molar refractivity (Wildman–Crippen MR) is 147 cm³/mol. The summed E-state index contributed by atoms with van der Waals surface area (Å²) in [6, 6.07) is 14.6. The van der Waals surface area contributed by atoms with Crippen molar-refractivity contribution in [1.82, 2.24) is 10.2 Å². The van der Waals surface area contributed by atoms with Gasteiger partial charge < -0.3 is 10.2 Å². The van der Waals surface area contributed by atoms with E-state index in [9.17, 15) is 35.6 Å². The Bertz CT molecular complexity index is 1450. The van der Waals surface area contributed by atoms with Crippen molar-refractivity contribution in [3.05, 3.63) is 95.8 Å². The van der Waals surface area contributed by atoms with Gasteiger partial charge in [-0.3, -0.25) is 13.9 Å². The number of hydrogen-bond acceptors (Lipinski definition) is 4. The molecule has 0 spiro atoms. The van der Waals surface area contributed by atoms with Gasteiger partial charge in [-0.2, -0.15) is 13.2 Å². The molecule has 0 aliphatic rings. The van der Waals surface area contributed by atoms with Crippen LogP contribution in [-0.2, 0) is 32.3 Å². The highest BCUT2D eigenvalue weighted by Crippen LogP contribution is 2.33. The molecular weight excluding hydrogens is 562 g/mol. The van der Waals surface area contributed by atoms with Gasteiger partial charge in [-0.25, -0.2) is 12.8 Å². The molecule has 0 radical (unpaired) electrons. The molecule has 1 atom stereocenters. The highest BCUT2D eigenvalue weighted by molar-refractivity contribution is 7.92. The van der Waals surface area contributed by atoms with E-state index in [2.05, 4.69) is 5.32 Å². The first kappa shape index (κ1) is 31.6. The fourth-order valence-corrected chi connectivity index (χ4v) is 5.60. The number of halogens is 4. The lowest BCUT2D eigenvalue weighted by Crippen LogP contribution is -2.53. The fourth-order valence-electron chi connectivity index (χ4n) is 4.17. The Balaban J connectivity index is 2.10. The van der Waals surface area contributed by atoms with Gasteiger partial charge in [-0.15, -0.1) is 0 Å². The Morgan fingerprint density at radius 2 is 1.56 bits per heavy atom. The molecule has 2 amide bonds. The van der Waals surface area contributed by atoms with Crippen LogP contribution in [0.15, 0.2) is 83.8 Å². The Kier molecular flexibility index (Phi) is 10.1. The van der Waals surface area contributed by atoms with Gasteiger partial charge >= 0.3 is 6.18 Å². The summed E-state index contributed by atoms with van der Waals surface area (Å²) in [5.41, 5.74) is -1.01. The fraction of sp³-hybridized carbons (Fsp3) is 0.310. The first-order valence-corrected chi connectivity index (χ1v) is 14.3. The monoisotopic (exact) mass is 593 g/mol. The molecule has 0 unspecified atom stereocenters. The zero-order valence-electron chi connectivity index (χ0n) is 22.7. The SMILES string of the molecule is CC[C@H](C(=O)NC(C)C)N(Cc1ccc(F)cc1)C(=O)CN(c1cccc(C(F)(F)F)c1)S(=O)(=O)c1ccccc1. The number of sulfonamides is 1. The van der Waals surface area contributed by atoms with Gasteiger partial charge in [0.15, 0.2) is 0 Å². The van der Waals surface area contributed by atoms with Crippen molar-refractivity contribution >= 4 is 27.5 Å². The molecule has 0 heterocycles. The van der Waals surface area contributed by atoms with Crippen molar-refractivity contribution in [2.75, 3.05) is 10.8 Å². The minimum absolute atomic E-state index is 0.153. The van der Waals surface area contributed by atoms with E-state index < -0.39 is 52.0 Å². The first-order valence-electron chi connectivity index (χ1n) is 12.8. The van der Waals surface area contributed by atoms with Crippen LogP contribution in [0.3, 0.4) is 0 Å². The van der Waals surface area contributed by atoms with E-state index in [1.807, 2.05) is 0 Å². The summed E-state index contributed by atoms with van der Waals surface area (Å²) >= 11 is 0. The van der Waals surface area contributed by atoms with Crippen LogP contribution in [0.1, 0.15) is 38.3 Å². The number of nitrogens with zero attached hydrogens (tertiary/aromatic N) is 2. The molecule has 1 N–H and O–H groups in total. The maximum absolute atomic E-state index is 13.9. The maximum Gasteiger partial charge on any atom is 0.416 e. The van der Waals surface area contributed by atoms with Gasteiger partial charge in [-0.1, -0.05) is 43.3 Å².